The number of rotatable bonds is 7. The van der Waals surface area contributed by atoms with Gasteiger partial charge in [0.05, 0.1) is 17.9 Å². The molecule has 5 rings (SSSR count). The van der Waals surface area contributed by atoms with Crippen LogP contribution in [-0.2, 0) is 11.3 Å². The first-order chi connectivity index (χ1) is 16.2. The Morgan fingerprint density at radius 1 is 1.00 bits per heavy atom. The molecule has 164 valence electrons. The Morgan fingerprint density at radius 3 is 2.55 bits per heavy atom. The minimum absolute atomic E-state index is 0.144. The number of nitrogens with zero attached hydrogens (tertiary/aromatic N) is 3. The van der Waals surface area contributed by atoms with Crippen molar-refractivity contribution in [2.75, 3.05) is 6.61 Å². The van der Waals surface area contributed by atoms with E-state index in [1.807, 2.05) is 84.4 Å². The number of para-hydroxylation sites is 1. The van der Waals surface area contributed by atoms with Crippen LogP contribution in [0.4, 0.5) is 0 Å². The second-order valence-electron chi connectivity index (χ2n) is 7.57. The molecule has 0 bridgehead atoms. The number of aromatic nitrogens is 1. The Kier molecular flexibility index (Phi) is 5.95. The largest absolute Gasteiger partial charge is 0.494 e. The number of amides is 1. The van der Waals surface area contributed by atoms with Crippen LogP contribution < -0.4 is 4.74 Å². The summed E-state index contributed by atoms with van der Waals surface area (Å²) < 4.78 is 7.84. The number of hydrogen-bond acceptors (Lipinski definition) is 4. The fourth-order valence-corrected chi connectivity index (χ4v) is 4.66. The molecule has 0 atom stereocenters. The van der Waals surface area contributed by atoms with Gasteiger partial charge in [0, 0.05) is 23.8 Å². The first-order valence-corrected chi connectivity index (χ1v) is 11.6. The molecule has 0 saturated carbocycles. The molecule has 6 nitrogen and oxygen atoms in total. The third-order valence-electron chi connectivity index (χ3n) is 5.40. The van der Waals surface area contributed by atoms with E-state index in [2.05, 4.69) is 9.56 Å². The summed E-state index contributed by atoms with van der Waals surface area (Å²) in [5.41, 5.74) is 2.98. The molecule has 0 aliphatic carbocycles. The zero-order valence-corrected chi connectivity index (χ0v) is 18.7. The minimum Gasteiger partial charge on any atom is -0.494 e. The van der Waals surface area contributed by atoms with Crippen LogP contribution in [0.15, 0.2) is 95.0 Å². The fraction of sp³-hybridized carbons (Fsp3) is 0.115. The fourth-order valence-electron chi connectivity index (χ4n) is 3.77. The molecular weight excluding hydrogens is 432 g/mol. The molecule has 0 saturated heterocycles. The van der Waals surface area contributed by atoms with E-state index < -0.39 is 0 Å². The van der Waals surface area contributed by atoms with E-state index in [1.54, 1.807) is 11.0 Å². The molecule has 2 aliphatic heterocycles. The highest BCUT2D eigenvalue weighted by molar-refractivity contribution is 8.17. The molecule has 2 aliphatic rings. The van der Waals surface area contributed by atoms with Gasteiger partial charge in [-0.2, -0.15) is 4.99 Å². The normalized spacial score (nSPS) is 16.6. The van der Waals surface area contributed by atoms with Crippen molar-refractivity contribution >= 4 is 40.4 Å². The van der Waals surface area contributed by atoms with Crippen LogP contribution in [0.1, 0.15) is 17.7 Å². The third kappa shape index (κ3) is 4.40. The zero-order chi connectivity index (χ0) is 22.6. The number of fused-ring (bicyclic) bond motifs is 1. The Hall–Kier alpha value is -3.84. The van der Waals surface area contributed by atoms with E-state index in [0.29, 0.717) is 11.8 Å². The van der Waals surface area contributed by atoms with Gasteiger partial charge in [-0.25, -0.2) is 0 Å². The van der Waals surface area contributed by atoms with Gasteiger partial charge >= 0.3 is 0 Å². The molecule has 0 fully saturated rings. The van der Waals surface area contributed by atoms with Crippen LogP contribution >= 0.6 is 11.8 Å². The summed E-state index contributed by atoms with van der Waals surface area (Å²) in [6.45, 7) is 1.33. The van der Waals surface area contributed by atoms with E-state index in [4.69, 9.17) is 10.1 Å². The summed E-state index contributed by atoms with van der Waals surface area (Å²) in [6.07, 6.45) is 4.55. The van der Waals surface area contributed by atoms with Crippen LogP contribution in [-0.4, -0.2) is 33.0 Å². The van der Waals surface area contributed by atoms with Gasteiger partial charge in [0.2, 0.25) is 0 Å². The molecule has 3 heterocycles. The molecular formula is C26H22N4O2S. The van der Waals surface area contributed by atoms with E-state index in [9.17, 15) is 4.79 Å². The summed E-state index contributed by atoms with van der Waals surface area (Å²) in [7, 11) is 0. The SMILES string of the molecule is N=C1/C(=C/c2cccn2CCCOc2ccccc2)C(=O)N=C2SC=C(c3ccccc3)N12. The molecule has 0 unspecified atom stereocenters. The van der Waals surface area contributed by atoms with Crippen molar-refractivity contribution in [2.24, 2.45) is 4.99 Å². The summed E-state index contributed by atoms with van der Waals surface area (Å²) >= 11 is 1.37. The number of nitrogens with one attached hydrogen (secondary N) is 1. The highest BCUT2D eigenvalue weighted by Crippen LogP contribution is 2.37. The average Bonchev–Trinajstić information content (AvgIpc) is 3.47. The number of thioether (sulfide) groups is 1. The lowest BCUT2D eigenvalue weighted by atomic mass is 10.1. The molecule has 3 aromatic rings. The molecule has 7 heteroatoms. The maximum atomic E-state index is 12.8. The number of hydrogen-bond donors (Lipinski definition) is 1. The molecule has 1 amide bonds. The van der Waals surface area contributed by atoms with Crippen LogP contribution in [0, 0.1) is 5.41 Å². The predicted octanol–water partition coefficient (Wildman–Crippen LogP) is 5.26. The molecule has 0 spiro atoms. The highest BCUT2D eigenvalue weighted by Gasteiger charge is 2.36. The number of benzene rings is 2. The smallest absolute Gasteiger partial charge is 0.283 e. The Balaban J connectivity index is 1.32. The first kappa shape index (κ1) is 21.0. The van der Waals surface area contributed by atoms with Gasteiger partial charge in [0.15, 0.2) is 5.17 Å². The lowest BCUT2D eigenvalue weighted by molar-refractivity contribution is -0.114. The molecule has 1 N–H and O–H groups in total. The molecule has 1 aromatic heterocycles. The lowest BCUT2D eigenvalue weighted by Gasteiger charge is -2.27. The number of ether oxygens (including phenoxy) is 1. The van der Waals surface area contributed by atoms with Crippen molar-refractivity contribution < 1.29 is 9.53 Å². The van der Waals surface area contributed by atoms with E-state index in [1.165, 1.54) is 11.8 Å². The van der Waals surface area contributed by atoms with Crippen molar-refractivity contribution in [1.82, 2.24) is 9.47 Å². The third-order valence-corrected chi connectivity index (χ3v) is 6.22. The zero-order valence-electron chi connectivity index (χ0n) is 17.8. The van der Waals surface area contributed by atoms with Crippen molar-refractivity contribution in [3.8, 4) is 5.75 Å². The van der Waals surface area contributed by atoms with Gasteiger partial charge in [-0.3, -0.25) is 15.1 Å². The summed E-state index contributed by atoms with van der Waals surface area (Å²) in [5, 5.41) is 11.3. The van der Waals surface area contributed by atoms with Gasteiger partial charge in [0.1, 0.15) is 11.6 Å². The number of carbonyl (C=O) groups excluding carboxylic acids is 1. The summed E-state index contributed by atoms with van der Waals surface area (Å²) in [5.74, 6) is 0.611. The quantitative estimate of drug-likeness (QED) is 0.390. The van der Waals surface area contributed by atoms with Gasteiger partial charge in [-0.15, -0.1) is 0 Å². The Morgan fingerprint density at radius 2 is 1.76 bits per heavy atom. The maximum absolute atomic E-state index is 12.8. The summed E-state index contributed by atoms with van der Waals surface area (Å²) in [6, 6.07) is 23.5. The van der Waals surface area contributed by atoms with Crippen LogP contribution in [0.5, 0.6) is 5.75 Å². The second kappa shape index (κ2) is 9.34. The van der Waals surface area contributed by atoms with Gasteiger partial charge in [-0.1, -0.05) is 60.3 Å². The minimum atomic E-state index is -0.387. The number of amidine groups is 2. The number of carbonyl (C=O) groups is 1. The van der Waals surface area contributed by atoms with Crippen molar-refractivity contribution in [1.29, 1.82) is 5.41 Å². The Labute approximate surface area is 196 Å². The number of aryl methyl sites for hydroxylation is 1. The maximum Gasteiger partial charge on any atom is 0.283 e. The van der Waals surface area contributed by atoms with Crippen LogP contribution in [0.25, 0.3) is 11.8 Å². The van der Waals surface area contributed by atoms with Gasteiger partial charge in [-0.05, 0) is 42.3 Å². The van der Waals surface area contributed by atoms with Crippen LogP contribution in [0.3, 0.4) is 0 Å². The van der Waals surface area contributed by atoms with Gasteiger partial charge in [0.25, 0.3) is 5.91 Å². The Bertz CT molecular complexity index is 1280. The molecule has 33 heavy (non-hydrogen) atoms. The highest BCUT2D eigenvalue weighted by atomic mass is 32.2. The van der Waals surface area contributed by atoms with Crippen molar-refractivity contribution in [2.45, 2.75) is 13.0 Å². The van der Waals surface area contributed by atoms with Crippen molar-refractivity contribution in [3.05, 3.63) is 101 Å². The monoisotopic (exact) mass is 454 g/mol. The average molecular weight is 455 g/mol. The summed E-state index contributed by atoms with van der Waals surface area (Å²) in [4.78, 5) is 18.7. The number of aliphatic imine (C=N–C) groups is 1. The topological polar surface area (TPSA) is 70.7 Å². The van der Waals surface area contributed by atoms with E-state index >= 15 is 0 Å². The molecule has 0 radical (unpaired) electrons. The van der Waals surface area contributed by atoms with E-state index in [0.717, 1.165) is 35.7 Å². The van der Waals surface area contributed by atoms with Gasteiger partial charge < -0.3 is 9.30 Å². The van der Waals surface area contributed by atoms with Crippen molar-refractivity contribution in [3.63, 3.8) is 0 Å². The predicted molar refractivity (Wildman–Crippen MR) is 133 cm³/mol. The standard InChI is InChI=1S/C26H22N4O2S/c27-24-22(25(31)28-26-30(24)23(18-33-26)19-9-3-1-4-10-19)17-20-11-7-14-29(20)15-8-16-32-21-12-5-2-6-13-21/h1-7,9-14,17-18,27H,8,15-16H2/b22-17-,27-24?. The van der Waals surface area contributed by atoms with Crippen LogP contribution in [0.2, 0.25) is 0 Å². The molecule has 2 aromatic carbocycles. The van der Waals surface area contributed by atoms with E-state index in [-0.39, 0.29) is 17.3 Å². The second-order valence-corrected chi connectivity index (χ2v) is 8.41. The lowest BCUT2D eigenvalue weighted by Crippen LogP contribution is -2.38. The first-order valence-electron chi connectivity index (χ1n) is 10.7.